The van der Waals surface area contributed by atoms with Gasteiger partial charge in [-0.3, -0.25) is 9.10 Å². The number of hydrogen-bond donors (Lipinski definition) is 0. The van der Waals surface area contributed by atoms with E-state index in [2.05, 4.69) is 0 Å². The summed E-state index contributed by atoms with van der Waals surface area (Å²) in [5.41, 5.74) is 2.33. The number of carbonyl (C=O) groups excluding carboxylic acids is 1. The molecule has 24 heavy (non-hydrogen) atoms. The van der Waals surface area contributed by atoms with Crippen molar-refractivity contribution in [1.82, 2.24) is 4.90 Å². The SMILES string of the molecule is Cc1cccc(N(CC(=O)N(C)C)S(=O)(=O)c2ccccc2)c1C. The molecule has 0 unspecified atom stereocenters. The Balaban J connectivity index is 2.59. The molecule has 0 bridgehead atoms. The first-order chi connectivity index (χ1) is 11.2. The predicted molar refractivity (Wildman–Crippen MR) is 95.6 cm³/mol. The number of rotatable bonds is 5. The molecule has 0 aliphatic rings. The highest BCUT2D eigenvalue weighted by Gasteiger charge is 2.28. The molecular formula is C18H22N2O3S. The fraction of sp³-hybridized carbons (Fsp3) is 0.278. The minimum Gasteiger partial charge on any atom is -0.347 e. The number of anilines is 1. The summed E-state index contributed by atoms with van der Waals surface area (Å²) in [5, 5.41) is 0. The van der Waals surface area contributed by atoms with Gasteiger partial charge in [0.2, 0.25) is 5.91 Å². The number of benzene rings is 2. The maximum Gasteiger partial charge on any atom is 0.264 e. The molecule has 6 heteroatoms. The maximum absolute atomic E-state index is 13.1. The van der Waals surface area contributed by atoms with E-state index in [0.29, 0.717) is 5.69 Å². The number of aryl methyl sites for hydroxylation is 1. The Morgan fingerprint density at radius 1 is 0.958 bits per heavy atom. The predicted octanol–water partition coefficient (Wildman–Crippen LogP) is 2.59. The Kier molecular flexibility index (Phi) is 5.29. The fourth-order valence-corrected chi connectivity index (χ4v) is 3.78. The van der Waals surface area contributed by atoms with Crippen molar-refractivity contribution in [3.63, 3.8) is 0 Å². The Labute approximate surface area is 143 Å². The minimum absolute atomic E-state index is 0.164. The molecule has 0 saturated carbocycles. The van der Waals surface area contributed by atoms with Crippen LogP contribution in [-0.4, -0.2) is 39.9 Å². The highest BCUT2D eigenvalue weighted by atomic mass is 32.2. The van der Waals surface area contributed by atoms with E-state index in [-0.39, 0.29) is 17.3 Å². The van der Waals surface area contributed by atoms with Crippen molar-refractivity contribution in [2.24, 2.45) is 0 Å². The number of nitrogens with zero attached hydrogens (tertiary/aromatic N) is 2. The fourth-order valence-electron chi connectivity index (χ4n) is 2.29. The van der Waals surface area contributed by atoms with E-state index in [0.717, 1.165) is 11.1 Å². The molecule has 0 atom stereocenters. The van der Waals surface area contributed by atoms with Crippen LogP contribution in [0.2, 0.25) is 0 Å². The third kappa shape index (κ3) is 3.59. The Hall–Kier alpha value is -2.34. The first kappa shape index (κ1) is 18.0. The summed E-state index contributed by atoms with van der Waals surface area (Å²) < 4.78 is 27.4. The van der Waals surface area contributed by atoms with Gasteiger partial charge in [-0.1, -0.05) is 30.3 Å². The molecular weight excluding hydrogens is 324 g/mol. The zero-order valence-corrected chi connectivity index (χ0v) is 15.2. The molecule has 5 nitrogen and oxygen atoms in total. The molecule has 2 rings (SSSR count). The van der Waals surface area contributed by atoms with E-state index in [1.165, 1.54) is 21.3 Å². The summed E-state index contributed by atoms with van der Waals surface area (Å²) in [4.78, 5) is 13.8. The maximum atomic E-state index is 13.1. The van der Waals surface area contributed by atoms with Gasteiger partial charge in [0, 0.05) is 14.1 Å². The molecule has 0 spiro atoms. The molecule has 128 valence electrons. The standard InChI is InChI=1S/C18H22N2O3S/c1-14-9-8-12-17(15(14)2)20(13-18(21)19(3)4)24(22,23)16-10-6-5-7-11-16/h5-12H,13H2,1-4H3. The first-order valence-electron chi connectivity index (χ1n) is 7.59. The van der Waals surface area contributed by atoms with E-state index < -0.39 is 10.0 Å². The van der Waals surface area contributed by atoms with Crippen molar-refractivity contribution in [3.05, 3.63) is 59.7 Å². The van der Waals surface area contributed by atoms with Gasteiger partial charge in [0.1, 0.15) is 6.54 Å². The van der Waals surface area contributed by atoms with Crippen LogP contribution in [0.1, 0.15) is 11.1 Å². The molecule has 0 aliphatic heterocycles. The topological polar surface area (TPSA) is 57.7 Å². The molecule has 0 heterocycles. The summed E-state index contributed by atoms with van der Waals surface area (Å²) in [7, 11) is -0.616. The summed E-state index contributed by atoms with van der Waals surface area (Å²) in [6.07, 6.45) is 0. The van der Waals surface area contributed by atoms with Gasteiger partial charge in [0.05, 0.1) is 10.6 Å². The van der Waals surface area contributed by atoms with Crippen LogP contribution in [0, 0.1) is 13.8 Å². The second-order valence-electron chi connectivity index (χ2n) is 5.83. The number of amides is 1. The third-order valence-electron chi connectivity index (χ3n) is 3.95. The zero-order chi connectivity index (χ0) is 17.9. The number of hydrogen-bond acceptors (Lipinski definition) is 3. The molecule has 2 aromatic carbocycles. The highest BCUT2D eigenvalue weighted by Crippen LogP contribution is 2.28. The van der Waals surface area contributed by atoms with Gasteiger partial charge in [0.15, 0.2) is 0 Å². The van der Waals surface area contributed by atoms with Crippen LogP contribution >= 0.6 is 0 Å². The van der Waals surface area contributed by atoms with Gasteiger partial charge in [-0.05, 0) is 43.2 Å². The Bertz CT molecular complexity index is 831. The third-order valence-corrected chi connectivity index (χ3v) is 5.73. The average molecular weight is 346 g/mol. The molecule has 0 aromatic heterocycles. The average Bonchev–Trinajstić information content (AvgIpc) is 2.56. The van der Waals surface area contributed by atoms with Crippen LogP contribution in [0.25, 0.3) is 0 Å². The second kappa shape index (κ2) is 7.05. The van der Waals surface area contributed by atoms with Crippen molar-refractivity contribution in [2.45, 2.75) is 18.7 Å². The van der Waals surface area contributed by atoms with Crippen molar-refractivity contribution in [2.75, 3.05) is 24.9 Å². The van der Waals surface area contributed by atoms with E-state index in [9.17, 15) is 13.2 Å². The van der Waals surface area contributed by atoms with Crippen LogP contribution in [0.15, 0.2) is 53.4 Å². The number of carbonyl (C=O) groups is 1. The van der Waals surface area contributed by atoms with E-state index in [4.69, 9.17) is 0 Å². The lowest BCUT2D eigenvalue weighted by Crippen LogP contribution is -2.40. The Morgan fingerprint density at radius 3 is 2.17 bits per heavy atom. The quantitative estimate of drug-likeness (QED) is 0.836. The molecule has 0 N–H and O–H groups in total. The lowest BCUT2D eigenvalue weighted by atomic mass is 10.1. The summed E-state index contributed by atoms with van der Waals surface area (Å²) in [5.74, 6) is -0.282. The van der Waals surface area contributed by atoms with Gasteiger partial charge in [0.25, 0.3) is 10.0 Å². The smallest absolute Gasteiger partial charge is 0.264 e. The van der Waals surface area contributed by atoms with Crippen molar-refractivity contribution >= 4 is 21.6 Å². The van der Waals surface area contributed by atoms with Crippen LogP contribution in [-0.2, 0) is 14.8 Å². The van der Waals surface area contributed by atoms with Gasteiger partial charge in [-0.15, -0.1) is 0 Å². The summed E-state index contributed by atoms with van der Waals surface area (Å²) in [6, 6.07) is 13.6. The van der Waals surface area contributed by atoms with Crippen LogP contribution in [0.3, 0.4) is 0 Å². The largest absolute Gasteiger partial charge is 0.347 e. The van der Waals surface area contributed by atoms with Crippen molar-refractivity contribution in [3.8, 4) is 0 Å². The molecule has 1 amide bonds. The van der Waals surface area contributed by atoms with E-state index in [1.54, 1.807) is 44.4 Å². The Morgan fingerprint density at radius 2 is 1.58 bits per heavy atom. The normalized spacial score (nSPS) is 11.2. The van der Waals surface area contributed by atoms with Crippen molar-refractivity contribution < 1.29 is 13.2 Å². The lowest BCUT2D eigenvalue weighted by Gasteiger charge is -2.27. The second-order valence-corrected chi connectivity index (χ2v) is 7.69. The van der Waals surface area contributed by atoms with Gasteiger partial charge in [-0.2, -0.15) is 0 Å². The van der Waals surface area contributed by atoms with Crippen LogP contribution in [0.4, 0.5) is 5.69 Å². The van der Waals surface area contributed by atoms with E-state index in [1.807, 2.05) is 19.9 Å². The number of sulfonamides is 1. The molecule has 2 aromatic rings. The summed E-state index contributed by atoms with van der Waals surface area (Å²) in [6.45, 7) is 3.53. The van der Waals surface area contributed by atoms with E-state index >= 15 is 0 Å². The van der Waals surface area contributed by atoms with Crippen LogP contribution in [0.5, 0.6) is 0 Å². The summed E-state index contributed by atoms with van der Waals surface area (Å²) >= 11 is 0. The van der Waals surface area contributed by atoms with Gasteiger partial charge in [-0.25, -0.2) is 8.42 Å². The molecule has 0 aliphatic carbocycles. The van der Waals surface area contributed by atoms with Gasteiger partial charge < -0.3 is 4.90 Å². The highest BCUT2D eigenvalue weighted by molar-refractivity contribution is 7.92. The first-order valence-corrected chi connectivity index (χ1v) is 9.03. The monoisotopic (exact) mass is 346 g/mol. The minimum atomic E-state index is -3.84. The van der Waals surface area contributed by atoms with Crippen molar-refractivity contribution in [1.29, 1.82) is 0 Å². The molecule has 0 fully saturated rings. The van der Waals surface area contributed by atoms with Crippen LogP contribution < -0.4 is 4.31 Å². The van der Waals surface area contributed by atoms with Gasteiger partial charge >= 0.3 is 0 Å². The lowest BCUT2D eigenvalue weighted by molar-refractivity contribution is -0.127. The number of likely N-dealkylation sites (N-methyl/N-ethyl adjacent to an activating group) is 1. The molecule has 0 saturated heterocycles. The molecule has 0 radical (unpaired) electrons. The zero-order valence-electron chi connectivity index (χ0n) is 14.4.